The zero-order valence-corrected chi connectivity index (χ0v) is 18.3. The summed E-state index contributed by atoms with van der Waals surface area (Å²) in [5.41, 5.74) is 2.40. The number of amides is 2. The topological polar surface area (TPSA) is 118 Å². The number of pyridine rings is 1. The normalized spacial score (nSPS) is 12.0. The highest BCUT2D eigenvalue weighted by atomic mass is 35.5. The molecular formula is C18H18ClF3N4O5S. The Bertz CT molecular complexity index is 1180. The molecule has 0 fully saturated rings. The summed E-state index contributed by atoms with van der Waals surface area (Å²) in [5, 5.41) is -0.736. The molecule has 32 heavy (non-hydrogen) atoms. The third kappa shape index (κ3) is 6.31. The predicted molar refractivity (Wildman–Crippen MR) is 108 cm³/mol. The summed E-state index contributed by atoms with van der Waals surface area (Å²) in [5.74, 6) is -1.97. The van der Waals surface area contributed by atoms with E-state index in [1.165, 1.54) is 12.1 Å². The molecule has 0 saturated heterocycles. The van der Waals surface area contributed by atoms with Crippen molar-refractivity contribution in [2.75, 3.05) is 13.6 Å². The van der Waals surface area contributed by atoms with Gasteiger partial charge in [-0.1, -0.05) is 29.3 Å². The Morgan fingerprint density at radius 1 is 1.12 bits per heavy atom. The molecule has 174 valence electrons. The molecule has 1 aromatic heterocycles. The van der Waals surface area contributed by atoms with Gasteiger partial charge in [-0.05, 0) is 25.1 Å². The molecule has 1 heterocycles. The second-order valence-corrected chi connectivity index (χ2v) is 9.13. The molecule has 0 aliphatic heterocycles. The number of rotatable bonds is 6. The van der Waals surface area contributed by atoms with Crippen molar-refractivity contribution in [1.29, 1.82) is 0 Å². The van der Waals surface area contributed by atoms with Gasteiger partial charge in [-0.2, -0.15) is 17.5 Å². The molecule has 0 atom stereocenters. The number of carbonyl (C=O) groups is 2. The maximum Gasteiger partial charge on any atom is 0.417 e. The molecule has 2 amide bonds. The van der Waals surface area contributed by atoms with Gasteiger partial charge in [0.2, 0.25) is 10.0 Å². The van der Waals surface area contributed by atoms with Crippen molar-refractivity contribution in [3.63, 3.8) is 0 Å². The average molecular weight is 495 g/mol. The van der Waals surface area contributed by atoms with Crippen LogP contribution in [0.1, 0.15) is 11.1 Å². The fourth-order valence-corrected chi connectivity index (χ4v) is 3.78. The van der Waals surface area contributed by atoms with Crippen LogP contribution in [0.25, 0.3) is 0 Å². The van der Waals surface area contributed by atoms with Crippen molar-refractivity contribution in [3.05, 3.63) is 63.0 Å². The molecule has 0 spiro atoms. The first-order valence-electron chi connectivity index (χ1n) is 8.79. The van der Waals surface area contributed by atoms with Gasteiger partial charge in [0.05, 0.1) is 17.0 Å². The summed E-state index contributed by atoms with van der Waals surface area (Å²) in [6.07, 6.45) is -4.38. The Labute approximate surface area is 185 Å². The number of nitrogens with zero attached hydrogens (tertiary/aromatic N) is 2. The zero-order chi connectivity index (χ0) is 24.3. The van der Waals surface area contributed by atoms with E-state index >= 15 is 0 Å². The molecule has 2 aromatic rings. The first-order chi connectivity index (χ1) is 14.7. The Balaban J connectivity index is 1.99. The SMILES string of the molecule is Cc1ccc(S(=O)(=O)N(C)CC(=O)NNC(=O)Cn2cc(C(F)(F)F)cc(Cl)c2=O)cc1. The number of hydrogen-bond acceptors (Lipinski definition) is 5. The van der Waals surface area contributed by atoms with E-state index in [2.05, 4.69) is 0 Å². The van der Waals surface area contributed by atoms with Crippen molar-refractivity contribution < 1.29 is 31.2 Å². The lowest BCUT2D eigenvalue weighted by atomic mass is 10.2. The number of alkyl halides is 3. The van der Waals surface area contributed by atoms with Crippen molar-refractivity contribution in [1.82, 2.24) is 19.7 Å². The zero-order valence-electron chi connectivity index (χ0n) is 16.7. The summed E-state index contributed by atoms with van der Waals surface area (Å²) in [6.45, 7) is 0.240. The van der Waals surface area contributed by atoms with Crippen LogP contribution in [0.5, 0.6) is 0 Å². The highest BCUT2D eigenvalue weighted by Gasteiger charge is 2.32. The van der Waals surface area contributed by atoms with Gasteiger partial charge in [0.1, 0.15) is 11.6 Å². The minimum atomic E-state index is -4.79. The van der Waals surface area contributed by atoms with E-state index in [-0.39, 0.29) is 4.90 Å². The highest BCUT2D eigenvalue weighted by molar-refractivity contribution is 7.89. The molecule has 0 radical (unpaired) electrons. The number of hydrazine groups is 1. The molecule has 0 bridgehead atoms. The van der Waals surface area contributed by atoms with Gasteiger partial charge in [-0.25, -0.2) is 8.42 Å². The number of hydrogen-bond donors (Lipinski definition) is 2. The van der Waals surface area contributed by atoms with E-state index in [4.69, 9.17) is 11.6 Å². The molecule has 0 saturated carbocycles. The standard InChI is InChI=1S/C18H18ClF3N4O5S/c1-11-3-5-13(6-4-11)32(30,31)25(2)9-15(27)23-24-16(28)10-26-8-12(18(20,21)22)7-14(19)17(26)29/h3-8H,9-10H2,1-2H3,(H,23,27)(H,24,28). The van der Waals surface area contributed by atoms with Gasteiger partial charge in [-0.3, -0.25) is 25.2 Å². The van der Waals surface area contributed by atoms with Crippen LogP contribution in [0, 0.1) is 6.92 Å². The molecule has 2 rings (SSSR count). The van der Waals surface area contributed by atoms with Gasteiger partial charge >= 0.3 is 6.18 Å². The fraction of sp³-hybridized carbons (Fsp3) is 0.278. The minimum Gasteiger partial charge on any atom is -0.304 e. The van der Waals surface area contributed by atoms with Crippen molar-refractivity contribution in [2.24, 2.45) is 0 Å². The van der Waals surface area contributed by atoms with Crippen LogP contribution in [-0.2, 0) is 32.3 Å². The van der Waals surface area contributed by atoms with E-state index in [0.29, 0.717) is 16.8 Å². The first-order valence-corrected chi connectivity index (χ1v) is 10.6. The molecule has 9 nitrogen and oxygen atoms in total. The van der Waals surface area contributed by atoms with Gasteiger partial charge in [0, 0.05) is 13.2 Å². The van der Waals surface area contributed by atoms with Crippen LogP contribution in [0.3, 0.4) is 0 Å². The van der Waals surface area contributed by atoms with Gasteiger partial charge in [0.15, 0.2) is 0 Å². The molecule has 1 aromatic carbocycles. The third-order valence-electron chi connectivity index (χ3n) is 4.12. The van der Waals surface area contributed by atoms with E-state index in [9.17, 15) is 36.0 Å². The van der Waals surface area contributed by atoms with Crippen molar-refractivity contribution in [3.8, 4) is 0 Å². The van der Waals surface area contributed by atoms with Crippen LogP contribution in [-0.4, -0.2) is 42.7 Å². The number of likely N-dealkylation sites (N-methyl/N-ethyl adjacent to an activating group) is 1. The fourth-order valence-electron chi connectivity index (χ4n) is 2.42. The highest BCUT2D eigenvalue weighted by Crippen LogP contribution is 2.29. The number of nitrogens with one attached hydrogen (secondary N) is 2. The second kappa shape index (κ2) is 9.71. The minimum absolute atomic E-state index is 0.0387. The van der Waals surface area contributed by atoms with E-state index in [1.807, 2.05) is 10.9 Å². The van der Waals surface area contributed by atoms with E-state index < -0.39 is 57.2 Å². The van der Waals surface area contributed by atoms with Crippen molar-refractivity contribution >= 4 is 33.4 Å². The monoisotopic (exact) mass is 494 g/mol. The summed E-state index contributed by atoms with van der Waals surface area (Å²) in [4.78, 5) is 35.7. The van der Waals surface area contributed by atoms with Gasteiger partial charge in [-0.15, -0.1) is 0 Å². The van der Waals surface area contributed by atoms with E-state index in [0.717, 1.165) is 16.9 Å². The van der Waals surface area contributed by atoms with Gasteiger partial charge < -0.3 is 4.57 Å². The Morgan fingerprint density at radius 3 is 2.25 bits per heavy atom. The first kappa shape index (κ1) is 25.4. The Morgan fingerprint density at radius 2 is 1.69 bits per heavy atom. The molecule has 2 N–H and O–H groups in total. The lowest BCUT2D eigenvalue weighted by molar-refractivity contribution is -0.138. The molecule has 14 heteroatoms. The van der Waals surface area contributed by atoms with Crippen LogP contribution < -0.4 is 16.4 Å². The van der Waals surface area contributed by atoms with Crippen LogP contribution in [0.4, 0.5) is 13.2 Å². The predicted octanol–water partition coefficient (Wildman–Crippen LogP) is 1.30. The second-order valence-electron chi connectivity index (χ2n) is 6.68. The van der Waals surface area contributed by atoms with Crippen LogP contribution >= 0.6 is 11.6 Å². The van der Waals surface area contributed by atoms with E-state index in [1.54, 1.807) is 19.1 Å². The largest absolute Gasteiger partial charge is 0.417 e. The molecule has 0 unspecified atom stereocenters. The molecule has 0 aliphatic carbocycles. The number of benzene rings is 1. The summed E-state index contributed by atoms with van der Waals surface area (Å²) >= 11 is 5.50. The number of aromatic nitrogens is 1. The molecule has 0 aliphatic rings. The number of aryl methyl sites for hydroxylation is 1. The maximum absolute atomic E-state index is 12.8. The summed E-state index contributed by atoms with van der Waals surface area (Å²) in [7, 11) is -2.82. The lowest BCUT2D eigenvalue weighted by Crippen LogP contribution is -2.48. The van der Waals surface area contributed by atoms with Gasteiger partial charge in [0.25, 0.3) is 17.4 Å². The van der Waals surface area contributed by atoms with Crippen molar-refractivity contribution in [2.45, 2.75) is 24.5 Å². The lowest BCUT2D eigenvalue weighted by Gasteiger charge is -2.17. The number of carbonyl (C=O) groups excluding carboxylic acids is 2. The summed E-state index contributed by atoms with van der Waals surface area (Å²) < 4.78 is 64.6. The van der Waals surface area contributed by atoms with Crippen LogP contribution in [0.2, 0.25) is 5.02 Å². The Hall–Kier alpha value is -2.90. The molecular weight excluding hydrogens is 477 g/mol. The average Bonchev–Trinajstić information content (AvgIpc) is 2.69. The number of sulfonamides is 1. The maximum atomic E-state index is 12.8. The number of halogens is 4. The van der Waals surface area contributed by atoms with Crippen LogP contribution in [0.15, 0.2) is 46.2 Å². The smallest absolute Gasteiger partial charge is 0.304 e. The summed E-state index contributed by atoms with van der Waals surface area (Å²) in [6, 6.07) is 6.36. The quantitative estimate of drug-likeness (QED) is 0.587. The Kier molecular flexibility index (Phi) is 7.70. The third-order valence-corrected chi connectivity index (χ3v) is 6.21.